The second-order valence-electron chi connectivity index (χ2n) is 7.02. The lowest BCUT2D eigenvalue weighted by Crippen LogP contribution is -2.43. The van der Waals surface area contributed by atoms with Crippen LogP contribution in [0, 0.1) is 11.7 Å². The molecule has 29 heavy (non-hydrogen) atoms. The van der Waals surface area contributed by atoms with Crippen LogP contribution in [0.3, 0.4) is 0 Å². The van der Waals surface area contributed by atoms with Crippen molar-refractivity contribution in [1.29, 1.82) is 0 Å². The average molecular weight is 459 g/mol. The molecule has 2 aromatic carbocycles. The van der Waals surface area contributed by atoms with Crippen LogP contribution in [0.1, 0.15) is 24.0 Å². The number of rotatable bonds is 6. The highest BCUT2D eigenvalue weighted by Gasteiger charge is 2.31. The van der Waals surface area contributed by atoms with Crippen LogP contribution < -0.4 is 5.32 Å². The summed E-state index contributed by atoms with van der Waals surface area (Å²) in [5.41, 5.74) is 1.37. The monoisotopic (exact) mass is 458 g/mol. The molecule has 0 aromatic heterocycles. The number of piperidine rings is 1. The van der Waals surface area contributed by atoms with Gasteiger partial charge < -0.3 is 5.32 Å². The van der Waals surface area contributed by atoms with Gasteiger partial charge in [-0.2, -0.15) is 0 Å². The van der Waals surface area contributed by atoms with Crippen LogP contribution in [0.15, 0.2) is 42.5 Å². The smallest absolute Gasteiger partial charge is 0.223 e. The predicted octanol–water partition coefficient (Wildman–Crippen LogP) is 3.99. The van der Waals surface area contributed by atoms with E-state index in [-0.39, 0.29) is 36.5 Å². The number of halogens is 3. The summed E-state index contributed by atoms with van der Waals surface area (Å²) in [6.07, 6.45) is 0.908. The van der Waals surface area contributed by atoms with Crippen molar-refractivity contribution in [3.05, 3.63) is 69.5 Å². The Balaban J connectivity index is 1.51. The van der Waals surface area contributed by atoms with Gasteiger partial charge >= 0.3 is 0 Å². The molecule has 0 unspecified atom stereocenters. The summed E-state index contributed by atoms with van der Waals surface area (Å²) in [6, 6.07) is 10.7. The molecule has 1 aliphatic heterocycles. The summed E-state index contributed by atoms with van der Waals surface area (Å²) in [5.74, 6) is -0.844. The van der Waals surface area contributed by atoms with E-state index in [0.717, 1.165) is 5.56 Å². The third-order valence-corrected chi connectivity index (χ3v) is 7.52. The van der Waals surface area contributed by atoms with Crippen molar-refractivity contribution < 1.29 is 17.6 Å². The zero-order valence-corrected chi connectivity index (χ0v) is 17.9. The molecule has 156 valence electrons. The van der Waals surface area contributed by atoms with E-state index < -0.39 is 10.0 Å². The summed E-state index contributed by atoms with van der Waals surface area (Å²) in [5, 5.41) is 3.53. The highest BCUT2D eigenvalue weighted by molar-refractivity contribution is 7.88. The first-order valence-electron chi connectivity index (χ1n) is 9.18. The Hall–Kier alpha value is -1.67. The first-order chi connectivity index (χ1) is 13.7. The molecular formula is C20H21Cl2FN2O3S. The van der Waals surface area contributed by atoms with Gasteiger partial charge in [-0.05, 0) is 48.2 Å². The summed E-state index contributed by atoms with van der Waals surface area (Å²) in [4.78, 5) is 12.4. The molecule has 0 saturated carbocycles. The molecule has 5 nitrogen and oxygen atoms in total. The topological polar surface area (TPSA) is 66.5 Å². The second kappa shape index (κ2) is 9.43. The molecule has 1 amide bonds. The van der Waals surface area contributed by atoms with E-state index in [4.69, 9.17) is 23.2 Å². The number of sulfonamides is 1. The molecule has 2 aromatic rings. The van der Waals surface area contributed by atoms with Gasteiger partial charge in [-0.1, -0.05) is 41.4 Å². The van der Waals surface area contributed by atoms with Gasteiger partial charge in [0.15, 0.2) is 0 Å². The number of carbonyl (C=O) groups excluding carboxylic acids is 1. The molecule has 1 fully saturated rings. The third kappa shape index (κ3) is 5.92. The molecule has 1 heterocycles. The van der Waals surface area contributed by atoms with Crippen molar-refractivity contribution in [2.75, 3.05) is 13.1 Å². The normalized spacial score (nSPS) is 16.0. The van der Waals surface area contributed by atoms with Gasteiger partial charge in [0.05, 0.1) is 15.8 Å². The van der Waals surface area contributed by atoms with E-state index in [2.05, 4.69) is 5.32 Å². The molecule has 3 rings (SSSR count). The van der Waals surface area contributed by atoms with Crippen molar-refractivity contribution >= 4 is 39.1 Å². The zero-order valence-electron chi connectivity index (χ0n) is 15.6. The van der Waals surface area contributed by atoms with Crippen molar-refractivity contribution in [1.82, 2.24) is 9.62 Å². The molecule has 1 N–H and O–H groups in total. The van der Waals surface area contributed by atoms with Crippen LogP contribution >= 0.6 is 23.2 Å². The van der Waals surface area contributed by atoms with Gasteiger partial charge in [0.2, 0.25) is 15.9 Å². The first-order valence-corrected chi connectivity index (χ1v) is 11.5. The maximum Gasteiger partial charge on any atom is 0.223 e. The Bertz CT molecular complexity index is 976. The molecule has 1 aliphatic rings. The number of amides is 1. The molecule has 0 radical (unpaired) electrons. The van der Waals surface area contributed by atoms with Crippen LogP contribution in [-0.2, 0) is 27.1 Å². The van der Waals surface area contributed by atoms with Gasteiger partial charge in [0.25, 0.3) is 0 Å². The molecule has 0 bridgehead atoms. The molecule has 9 heteroatoms. The Morgan fingerprint density at radius 1 is 1.03 bits per heavy atom. The lowest BCUT2D eigenvalue weighted by Gasteiger charge is -2.30. The van der Waals surface area contributed by atoms with E-state index in [0.29, 0.717) is 35.0 Å². The highest BCUT2D eigenvalue weighted by Crippen LogP contribution is 2.26. The molecule has 0 atom stereocenters. The van der Waals surface area contributed by atoms with E-state index in [9.17, 15) is 17.6 Å². The minimum Gasteiger partial charge on any atom is -0.352 e. The van der Waals surface area contributed by atoms with Crippen LogP contribution in [0.2, 0.25) is 10.0 Å². The molecule has 0 aliphatic carbocycles. The quantitative estimate of drug-likeness (QED) is 0.711. The number of carbonyl (C=O) groups is 1. The number of hydrogen-bond acceptors (Lipinski definition) is 3. The second-order valence-corrected chi connectivity index (χ2v) is 9.81. The highest BCUT2D eigenvalue weighted by atomic mass is 35.5. The summed E-state index contributed by atoms with van der Waals surface area (Å²) >= 11 is 11.8. The Morgan fingerprint density at radius 2 is 1.66 bits per heavy atom. The number of benzene rings is 2. The number of hydrogen-bond donors (Lipinski definition) is 1. The molecular weight excluding hydrogens is 438 g/mol. The SMILES string of the molecule is O=C(NCc1ccc(F)cc1)C1CCN(S(=O)(=O)Cc2ccc(Cl)c(Cl)c2)CC1. The van der Waals surface area contributed by atoms with Crippen LogP contribution in [0.5, 0.6) is 0 Å². The van der Waals surface area contributed by atoms with E-state index in [1.165, 1.54) is 16.4 Å². The summed E-state index contributed by atoms with van der Waals surface area (Å²) < 4.78 is 39.7. The van der Waals surface area contributed by atoms with Crippen LogP contribution in [-0.4, -0.2) is 31.7 Å². The predicted molar refractivity (Wildman–Crippen MR) is 112 cm³/mol. The first kappa shape index (κ1) is 22.0. The fraction of sp³-hybridized carbons (Fsp3) is 0.350. The largest absolute Gasteiger partial charge is 0.352 e. The molecule has 0 spiro atoms. The van der Waals surface area contributed by atoms with Crippen molar-refractivity contribution in [3.63, 3.8) is 0 Å². The maximum atomic E-state index is 12.9. The maximum absolute atomic E-state index is 12.9. The third-order valence-electron chi connectivity index (χ3n) is 4.93. The van der Waals surface area contributed by atoms with E-state index >= 15 is 0 Å². The Morgan fingerprint density at radius 3 is 2.28 bits per heavy atom. The zero-order chi connectivity index (χ0) is 21.0. The average Bonchev–Trinajstić information content (AvgIpc) is 2.70. The van der Waals surface area contributed by atoms with Gasteiger partial charge in [0, 0.05) is 25.6 Å². The lowest BCUT2D eigenvalue weighted by molar-refractivity contribution is -0.126. The number of nitrogens with zero attached hydrogens (tertiary/aromatic N) is 1. The minimum atomic E-state index is -3.51. The van der Waals surface area contributed by atoms with Gasteiger partial charge in [-0.25, -0.2) is 17.1 Å². The Labute approximate surface area is 179 Å². The van der Waals surface area contributed by atoms with Crippen molar-refractivity contribution in [2.24, 2.45) is 5.92 Å². The van der Waals surface area contributed by atoms with Gasteiger partial charge in [-0.3, -0.25) is 4.79 Å². The van der Waals surface area contributed by atoms with Crippen LogP contribution in [0.4, 0.5) is 4.39 Å². The van der Waals surface area contributed by atoms with E-state index in [1.807, 2.05) is 0 Å². The fourth-order valence-corrected chi connectivity index (χ4v) is 5.13. The van der Waals surface area contributed by atoms with Crippen molar-refractivity contribution in [2.45, 2.75) is 25.1 Å². The van der Waals surface area contributed by atoms with Crippen LogP contribution in [0.25, 0.3) is 0 Å². The fourth-order valence-electron chi connectivity index (χ4n) is 3.26. The Kier molecular flexibility index (Phi) is 7.16. The summed E-state index contributed by atoms with van der Waals surface area (Å²) in [6.45, 7) is 0.894. The standard InChI is InChI=1S/C20H21Cl2FN2O3S/c21-18-6-3-15(11-19(18)22)13-29(27,28)25-9-7-16(8-10-25)20(26)24-12-14-1-4-17(23)5-2-14/h1-6,11,16H,7-10,12-13H2,(H,24,26). The lowest BCUT2D eigenvalue weighted by atomic mass is 9.97. The number of nitrogens with one attached hydrogen (secondary N) is 1. The molecule has 1 saturated heterocycles. The van der Waals surface area contributed by atoms with Gasteiger partial charge in [0.1, 0.15) is 5.82 Å². The van der Waals surface area contributed by atoms with Crippen molar-refractivity contribution in [3.8, 4) is 0 Å². The van der Waals surface area contributed by atoms with E-state index in [1.54, 1.807) is 30.3 Å². The van der Waals surface area contributed by atoms with Gasteiger partial charge in [-0.15, -0.1) is 0 Å². The minimum absolute atomic E-state index is 0.115. The summed E-state index contributed by atoms with van der Waals surface area (Å²) in [7, 11) is -3.51.